The molecule has 0 atom stereocenters. The second-order valence-electron chi connectivity index (χ2n) is 3.64. The van der Waals surface area contributed by atoms with E-state index >= 15 is 0 Å². The Morgan fingerprint density at radius 3 is 2.58 bits per heavy atom. The first-order valence-electron chi connectivity index (χ1n) is 5.17. The summed E-state index contributed by atoms with van der Waals surface area (Å²) >= 11 is 5.86. The number of nitro groups is 1. The predicted molar refractivity (Wildman–Crippen MR) is 66.7 cm³/mol. The Morgan fingerprint density at radius 1 is 1.21 bits per heavy atom. The molecule has 0 aliphatic carbocycles. The van der Waals surface area contributed by atoms with Crippen LogP contribution in [0.4, 0.5) is 5.69 Å². The number of aromatic nitrogens is 3. The monoisotopic (exact) mass is 276 g/mol. The van der Waals surface area contributed by atoms with Gasteiger partial charge in [-0.3, -0.25) is 10.1 Å². The molecule has 94 valence electrons. The second kappa shape index (κ2) is 4.29. The number of oxazole rings is 1. The van der Waals surface area contributed by atoms with Crippen LogP contribution in [0.5, 0.6) is 0 Å². The lowest BCUT2D eigenvalue weighted by Crippen LogP contribution is -1.87. The van der Waals surface area contributed by atoms with Gasteiger partial charge in [-0.2, -0.15) is 4.98 Å². The summed E-state index contributed by atoms with van der Waals surface area (Å²) in [5, 5.41) is 10.8. The highest BCUT2D eigenvalue weighted by Crippen LogP contribution is 2.27. The Kier molecular flexibility index (Phi) is 2.60. The number of benzene rings is 1. The summed E-state index contributed by atoms with van der Waals surface area (Å²) in [7, 11) is 0. The molecule has 1 aromatic carbocycles. The zero-order chi connectivity index (χ0) is 13.4. The Bertz CT molecular complexity index is 769. The van der Waals surface area contributed by atoms with E-state index in [9.17, 15) is 10.1 Å². The Balaban J connectivity index is 2.09. The second-order valence-corrected chi connectivity index (χ2v) is 4.00. The molecule has 0 saturated heterocycles. The predicted octanol–water partition coefficient (Wildman–Crippen LogP) is 2.85. The summed E-state index contributed by atoms with van der Waals surface area (Å²) in [5.74, 6) is 0.285. The normalized spacial score (nSPS) is 10.8. The first-order chi connectivity index (χ1) is 9.15. The summed E-state index contributed by atoms with van der Waals surface area (Å²) in [6, 6.07) is 5.84. The summed E-state index contributed by atoms with van der Waals surface area (Å²) in [6.45, 7) is 0. The van der Waals surface area contributed by atoms with Crippen molar-refractivity contribution in [3.63, 3.8) is 0 Å². The molecule has 0 unspecified atom stereocenters. The molecule has 3 rings (SSSR count). The maximum Gasteiger partial charge on any atom is 0.269 e. The van der Waals surface area contributed by atoms with Gasteiger partial charge >= 0.3 is 0 Å². The molecule has 8 heteroatoms. The van der Waals surface area contributed by atoms with Crippen LogP contribution in [0.1, 0.15) is 0 Å². The van der Waals surface area contributed by atoms with Crippen LogP contribution in [0, 0.1) is 10.1 Å². The molecule has 0 N–H and O–H groups in total. The summed E-state index contributed by atoms with van der Waals surface area (Å²) in [4.78, 5) is 21.9. The summed E-state index contributed by atoms with van der Waals surface area (Å²) < 4.78 is 5.42. The van der Waals surface area contributed by atoms with Crippen LogP contribution >= 0.6 is 11.6 Å². The lowest BCUT2D eigenvalue weighted by molar-refractivity contribution is -0.384. The van der Waals surface area contributed by atoms with E-state index in [1.807, 2.05) is 0 Å². The van der Waals surface area contributed by atoms with Gasteiger partial charge in [-0.25, -0.2) is 9.97 Å². The van der Waals surface area contributed by atoms with Crippen LogP contribution in [0.3, 0.4) is 0 Å². The standard InChI is InChI=1S/C11H5ClN4O3/c12-9-8-11(14-5-13-9)19-10(15-8)6-1-3-7(4-2-6)16(17)18/h1-5H. The largest absolute Gasteiger partial charge is 0.417 e. The number of fused-ring (bicyclic) bond motifs is 1. The van der Waals surface area contributed by atoms with E-state index in [0.717, 1.165) is 0 Å². The van der Waals surface area contributed by atoms with Crippen molar-refractivity contribution in [2.75, 3.05) is 0 Å². The van der Waals surface area contributed by atoms with Gasteiger partial charge < -0.3 is 4.42 Å². The van der Waals surface area contributed by atoms with E-state index in [2.05, 4.69) is 15.0 Å². The van der Waals surface area contributed by atoms with E-state index < -0.39 is 4.92 Å². The molecular formula is C11H5ClN4O3. The van der Waals surface area contributed by atoms with Gasteiger partial charge in [0.2, 0.25) is 5.89 Å². The van der Waals surface area contributed by atoms with Crippen LogP contribution in [-0.4, -0.2) is 19.9 Å². The SMILES string of the molecule is O=[N+]([O-])c1ccc(-c2nc3c(Cl)ncnc3o2)cc1. The number of hydrogen-bond donors (Lipinski definition) is 0. The average Bonchev–Trinajstić information content (AvgIpc) is 2.84. The van der Waals surface area contributed by atoms with Gasteiger partial charge in [0.05, 0.1) is 4.92 Å². The van der Waals surface area contributed by atoms with E-state index in [4.69, 9.17) is 16.0 Å². The van der Waals surface area contributed by atoms with Gasteiger partial charge in [-0.15, -0.1) is 0 Å². The van der Waals surface area contributed by atoms with Gasteiger partial charge in [-0.1, -0.05) is 11.6 Å². The molecule has 0 radical (unpaired) electrons. The average molecular weight is 277 g/mol. The van der Waals surface area contributed by atoms with E-state index in [1.54, 1.807) is 12.1 Å². The van der Waals surface area contributed by atoms with Crippen LogP contribution < -0.4 is 0 Å². The number of halogens is 1. The van der Waals surface area contributed by atoms with Crippen molar-refractivity contribution in [1.82, 2.24) is 15.0 Å². The minimum absolute atomic E-state index is 0.00214. The van der Waals surface area contributed by atoms with Crippen molar-refractivity contribution in [3.05, 3.63) is 45.9 Å². The van der Waals surface area contributed by atoms with Gasteiger partial charge in [-0.05, 0) is 12.1 Å². The summed E-state index contributed by atoms with van der Waals surface area (Å²) in [5.41, 5.74) is 1.23. The van der Waals surface area contributed by atoms with Gasteiger partial charge in [0.1, 0.15) is 6.33 Å². The first kappa shape index (κ1) is 11.5. The van der Waals surface area contributed by atoms with Crippen molar-refractivity contribution in [2.45, 2.75) is 0 Å². The van der Waals surface area contributed by atoms with Crippen molar-refractivity contribution < 1.29 is 9.34 Å². The molecule has 7 nitrogen and oxygen atoms in total. The molecule has 19 heavy (non-hydrogen) atoms. The maximum absolute atomic E-state index is 10.6. The minimum atomic E-state index is -0.474. The van der Waals surface area contributed by atoms with E-state index in [-0.39, 0.29) is 22.4 Å². The lowest BCUT2D eigenvalue weighted by atomic mass is 10.2. The number of nitrogens with zero attached hydrogens (tertiary/aromatic N) is 4. The Hall–Kier alpha value is -2.54. The van der Waals surface area contributed by atoms with Crippen molar-refractivity contribution >= 4 is 28.5 Å². The maximum atomic E-state index is 10.6. The molecule has 2 heterocycles. The van der Waals surface area contributed by atoms with Crippen molar-refractivity contribution in [2.24, 2.45) is 0 Å². The molecule has 0 aliphatic rings. The zero-order valence-electron chi connectivity index (χ0n) is 9.28. The van der Waals surface area contributed by atoms with Crippen LogP contribution in [-0.2, 0) is 0 Å². The van der Waals surface area contributed by atoms with Crippen LogP contribution in [0.2, 0.25) is 5.15 Å². The van der Waals surface area contributed by atoms with Gasteiger partial charge in [0, 0.05) is 17.7 Å². The lowest BCUT2D eigenvalue weighted by Gasteiger charge is -1.94. The quantitative estimate of drug-likeness (QED) is 0.406. The molecule has 0 saturated carbocycles. The minimum Gasteiger partial charge on any atom is -0.417 e. The first-order valence-corrected chi connectivity index (χ1v) is 5.55. The molecule has 0 spiro atoms. The molecule has 3 aromatic rings. The third-order valence-electron chi connectivity index (χ3n) is 2.48. The number of non-ortho nitro benzene ring substituents is 1. The highest BCUT2D eigenvalue weighted by molar-refractivity contribution is 6.33. The molecule has 0 bridgehead atoms. The zero-order valence-corrected chi connectivity index (χ0v) is 10.0. The highest BCUT2D eigenvalue weighted by Gasteiger charge is 2.13. The smallest absolute Gasteiger partial charge is 0.269 e. The molecule has 2 aromatic heterocycles. The van der Waals surface area contributed by atoms with Gasteiger partial charge in [0.25, 0.3) is 11.4 Å². The molecule has 0 aliphatic heterocycles. The molecular weight excluding hydrogens is 272 g/mol. The Morgan fingerprint density at radius 2 is 1.95 bits per heavy atom. The van der Waals surface area contributed by atoms with E-state index in [0.29, 0.717) is 11.1 Å². The fourth-order valence-electron chi connectivity index (χ4n) is 1.58. The number of hydrogen-bond acceptors (Lipinski definition) is 6. The summed E-state index contributed by atoms with van der Waals surface area (Å²) in [6.07, 6.45) is 1.27. The molecule has 0 amide bonds. The number of rotatable bonds is 2. The fraction of sp³-hybridized carbons (Fsp3) is 0. The van der Waals surface area contributed by atoms with Crippen LogP contribution in [0.15, 0.2) is 35.0 Å². The molecule has 0 fully saturated rings. The highest BCUT2D eigenvalue weighted by atomic mass is 35.5. The van der Waals surface area contributed by atoms with E-state index in [1.165, 1.54) is 18.5 Å². The van der Waals surface area contributed by atoms with Gasteiger partial charge in [0.15, 0.2) is 10.7 Å². The topological polar surface area (TPSA) is 95.0 Å². The third kappa shape index (κ3) is 2.00. The number of nitro benzene ring substituents is 1. The Labute approximate surface area is 111 Å². The van der Waals surface area contributed by atoms with Crippen molar-refractivity contribution in [1.29, 1.82) is 0 Å². The van der Waals surface area contributed by atoms with Crippen LogP contribution in [0.25, 0.3) is 22.7 Å². The van der Waals surface area contributed by atoms with Crippen molar-refractivity contribution in [3.8, 4) is 11.5 Å². The third-order valence-corrected chi connectivity index (χ3v) is 2.75. The fourth-order valence-corrected chi connectivity index (χ4v) is 1.74.